The molecule has 1 aliphatic heterocycles. The lowest BCUT2D eigenvalue weighted by atomic mass is 9.70. The molecule has 0 radical (unpaired) electrons. The molecule has 5 rings (SSSR count). The van der Waals surface area contributed by atoms with Crippen LogP contribution in [0.4, 0.5) is 17.2 Å². The van der Waals surface area contributed by atoms with Crippen LogP contribution in [0, 0.1) is 11.8 Å². The van der Waals surface area contributed by atoms with Crippen molar-refractivity contribution in [1.29, 1.82) is 0 Å². The maximum atomic E-state index is 13.5. The van der Waals surface area contributed by atoms with E-state index in [1.165, 1.54) is 11.9 Å². The van der Waals surface area contributed by atoms with E-state index in [1.54, 1.807) is 17.9 Å². The number of amides is 1. The van der Waals surface area contributed by atoms with Crippen LogP contribution in [0.5, 0.6) is 0 Å². The highest BCUT2D eigenvalue weighted by Gasteiger charge is 2.38. The first-order chi connectivity index (χ1) is 17.3. The number of piperazine rings is 1. The molecule has 1 saturated carbocycles. The molecule has 3 atom stereocenters. The summed E-state index contributed by atoms with van der Waals surface area (Å²) in [4.78, 5) is 35.6. The number of rotatable bonds is 5. The van der Waals surface area contributed by atoms with Crippen LogP contribution in [0.3, 0.4) is 0 Å². The van der Waals surface area contributed by atoms with Gasteiger partial charge in [0.15, 0.2) is 0 Å². The largest absolute Gasteiger partial charge is 0.382 e. The minimum atomic E-state index is -0.607. The molecule has 9 nitrogen and oxygen atoms in total. The molecule has 1 saturated heterocycles. The molecule has 9 heteroatoms. The highest BCUT2D eigenvalue weighted by molar-refractivity contribution is 6.42. The number of aryl methyl sites for hydroxylation is 1. The predicted molar refractivity (Wildman–Crippen MR) is 142 cm³/mol. The van der Waals surface area contributed by atoms with Gasteiger partial charge in [-0.3, -0.25) is 14.3 Å². The van der Waals surface area contributed by atoms with Gasteiger partial charge in [0.05, 0.1) is 18.1 Å². The van der Waals surface area contributed by atoms with Crippen LogP contribution in [0.15, 0.2) is 36.7 Å². The summed E-state index contributed by atoms with van der Waals surface area (Å²) in [5.74, 6) is -0.571. The number of ketones is 1. The lowest BCUT2D eigenvalue weighted by Gasteiger charge is -2.35. The van der Waals surface area contributed by atoms with E-state index in [9.17, 15) is 9.59 Å². The van der Waals surface area contributed by atoms with Crippen LogP contribution in [-0.2, 0) is 16.6 Å². The van der Waals surface area contributed by atoms with Crippen molar-refractivity contribution in [1.82, 2.24) is 19.7 Å². The van der Waals surface area contributed by atoms with Gasteiger partial charge in [-0.1, -0.05) is 25.5 Å². The van der Waals surface area contributed by atoms with Crippen molar-refractivity contribution in [3.05, 3.63) is 42.2 Å². The predicted octanol–water partition coefficient (Wildman–Crippen LogP) is 3.03. The lowest BCUT2D eigenvalue weighted by molar-refractivity contribution is -0.138. The molecule has 0 spiro atoms. The minimum absolute atomic E-state index is 0.0314. The van der Waals surface area contributed by atoms with E-state index < -0.39 is 5.91 Å². The van der Waals surface area contributed by atoms with Crippen LogP contribution >= 0.6 is 0 Å². The standard InChI is InChI=1S/C27H35N7O2/c1-17-4-9-20(18-5-7-19(8-6-18)34-12-10-32(2)11-13-34)21(14-17)25(35)27(36)31-23-16-29-26(28)24-22(23)15-30-33(24)3/h5-8,15-17,20-21H,4,9-14H2,1-3H3,(H2,28,29)(H,31,36)/t17-,20+,21?/m0/s1. The van der Waals surface area contributed by atoms with Gasteiger partial charge in [-0.25, -0.2) is 4.98 Å². The quantitative estimate of drug-likeness (QED) is 0.530. The molecule has 2 aromatic heterocycles. The fourth-order valence-electron chi connectivity index (χ4n) is 5.72. The van der Waals surface area contributed by atoms with Gasteiger partial charge in [0, 0.05) is 50.2 Å². The van der Waals surface area contributed by atoms with Gasteiger partial charge in [0.25, 0.3) is 5.91 Å². The molecule has 2 aliphatic rings. The maximum Gasteiger partial charge on any atom is 0.292 e. The summed E-state index contributed by atoms with van der Waals surface area (Å²) < 4.78 is 1.61. The zero-order valence-electron chi connectivity index (χ0n) is 21.3. The van der Waals surface area contributed by atoms with Crippen molar-refractivity contribution in [2.24, 2.45) is 18.9 Å². The Morgan fingerprint density at radius 2 is 1.75 bits per heavy atom. The molecule has 3 N–H and O–H groups in total. The normalized spacial score (nSPS) is 23.1. The second-order valence-corrected chi connectivity index (χ2v) is 10.4. The Kier molecular flexibility index (Phi) is 6.66. The van der Waals surface area contributed by atoms with Crippen LogP contribution in [0.2, 0.25) is 0 Å². The lowest BCUT2D eigenvalue weighted by Crippen LogP contribution is -2.44. The molecule has 1 aromatic carbocycles. The van der Waals surface area contributed by atoms with Crippen LogP contribution in [0.25, 0.3) is 10.9 Å². The number of benzene rings is 1. The van der Waals surface area contributed by atoms with E-state index in [4.69, 9.17) is 5.73 Å². The number of nitrogens with two attached hydrogens (primary N) is 1. The average molecular weight is 490 g/mol. The van der Waals surface area contributed by atoms with E-state index in [2.05, 4.69) is 63.4 Å². The smallest absolute Gasteiger partial charge is 0.292 e. The van der Waals surface area contributed by atoms with E-state index >= 15 is 0 Å². The van der Waals surface area contributed by atoms with Crippen LogP contribution in [-0.4, -0.2) is 64.6 Å². The number of nitrogen functional groups attached to an aromatic ring is 1. The molecule has 1 unspecified atom stereocenters. The van der Waals surface area contributed by atoms with E-state index in [0.717, 1.165) is 44.6 Å². The molecule has 3 aromatic rings. The zero-order chi connectivity index (χ0) is 25.4. The number of likely N-dealkylation sites (N-methyl/N-ethyl adjacent to an activating group) is 1. The fraction of sp³-hybridized carbons (Fsp3) is 0.481. The molecule has 190 valence electrons. The molecule has 36 heavy (non-hydrogen) atoms. The molecule has 1 aliphatic carbocycles. The molecular weight excluding hydrogens is 454 g/mol. The first kappa shape index (κ1) is 24.2. The summed E-state index contributed by atoms with van der Waals surface area (Å²) in [5, 5.41) is 7.68. The number of hydrogen-bond acceptors (Lipinski definition) is 7. The van der Waals surface area contributed by atoms with Crippen LogP contribution in [0.1, 0.15) is 37.7 Å². The summed E-state index contributed by atoms with van der Waals surface area (Å²) in [7, 11) is 3.92. The monoisotopic (exact) mass is 489 g/mol. The van der Waals surface area contributed by atoms with Gasteiger partial charge < -0.3 is 20.9 Å². The number of nitrogens with zero attached hydrogens (tertiary/aromatic N) is 5. The van der Waals surface area contributed by atoms with E-state index in [1.807, 2.05) is 0 Å². The number of hydrogen-bond donors (Lipinski definition) is 2. The van der Waals surface area contributed by atoms with Crippen molar-refractivity contribution in [3.8, 4) is 0 Å². The Bertz CT molecular complexity index is 1260. The number of carbonyl (C=O) groups excluding carboxylic acids is 2. The molecule has 1 amide bonds. The molecule has 0 bridgehead atoms. The number of carbonyl (C=O) groups is 2. The first-order valence-electron chi connectivity index (χ1n) is 12.8. The second-order valence-electron chi connectivity index (χ2n) is 10.4. The maximum absolute atomic E-state index is 13.5. The number of nitrogens with one attached hydrogen (secondary N) is 1. The minimum Gasteiger partial charge on any atom is -0.382 e. The van der Waals surface area contributed by atoms with Gasteiger partial charge >= 0.3 is 0 Å². The second kappa shape index (κ2) is 9.89. The number of anilines is 3. The highest BCUT2D eigenvalue weighted by Crippen LogP contribution is 2.41. The summed E-state index contributed by atoms with van der Waals surface area (Å²) in [6, 6.07) is 8.63. The third-order valence-electron chi connectivity index (χ3n) is 7.92. The zero-order valence-corrected chi connectivity index (χ0v) is 21.3. The van der Waals surface area contributed by atoms with Gasteiger partial charge in [-0.15, -0.1) is 0 Å². The Morgan fingerprint density at radius 3 is 2.47 bits per heavy atom. The van der Waals surface area contributed by atoms with Gasteiger partial charge in [-0.2, -0.15) is 5.10 Å². The molecular formula is C27H35N7O2. The summed E-state index contributed by atoms with van der Waals surface area (Å²) in [5.41, 5.74) is 9.41. The highest BCUT2D eigenvalue weighted by atomic mass is 16.2. The number of aromatic nitrogens is 3. The first-order valence-corrected chi connectivity index (χ1v) is 12.8. The SMILES string of the molecule is C[C@H]1CC[C@H](c2ccc(N3CCN(C)CC3)cc2)C(C(=O)C(=O)Nc2cnc(N)c3c2cnn3C)C1. The van der Waals surface area contributed by atoms with E-state index in [-0.39, 0.29) is 17.6 Å². The van der Waals surface area contributed by atoms with Crippen molar-refractivity contribution >= 4 is 39.8 Å². The summed E-state index contributed by atoms with van der Waals surface area (Å²) in [6.07, 6.45) is 5.77. The Labute approximate surface area is 211 Å². The molecule has 3 heterocycles. The Morgan fingerprint density at radius 1 is 1.03 bits per heavy atom. The topological polar surface area (TPSA) is 109 Å². The Balaban J connectivity index is 1.34. The average Bonchev–Trinajstić information content (AvgIpc) is 3.28. The van der Waals surface area contributed by atoms with Crippen molar-refractivity contribution in [2.45, 2.75) is 32.1 Å². The van der Waals surface area contributed by atoms with Gasteiger partial charge in [0.1, 0.15) is 11.3 Å². The van der Waals surface area contributed by atoms with Gasteiger partial charge in [-0.05, 0) is 49.4 Å². The van der Waals surface area contributed by atoms with Crippen molar-refractivity contribution < 1.29 is 9.59 Å². The number of Topliss-reactive ketones (excluding diaryl/α,β-unsaturated/α-hetero) is 1. The van der Waals surface area contributed by atoms with Crippen molar-refractivity contribution in [3.63, 3.8) is 0 Å². The molecule has 2 fully saturated rings. The van der Waals surface area contributed by atoms with Crippen molar-refractivity contribution in [2.75, 3.05) is 49.2 Å². The van der Waals surface area contributed by atoms with Gasteiger partial charge in [0.2, 0.25) is 5.78 Å². The summed E-state index contributed by atoms with van der Waals surface area (Å²) in [6.45, 7) is 6.31. The number of pyridine rings is 1. The van der Waals surface area contributed by atoms with E-state index in [0.29, 0.717) is 34.7 Å². The third-order valence-corrected chi connectivity index (χ3v) is 7.92. The summed E-state index contributed by atoms with van der Waals surface area (Å²) >= 11 is 0. The Hall–Kier alpha value is -3.46. The third kappa shape index (κ3) is 4.67. The van der Waals surface area contributed by atoms with Crippen LogP contribution < -0.4 is 16.0 Å². The number of fused-ring (bicyclic) bond motifs is 1. The fourth-order valence-corrected chi connectivity index (χ4v) is 5.72.